The number of nitrogens with zero attached hydrogens (tertiary/aromatic N) is 2. The van der Waals surface area contributed by atoms with Crippen LogP contribution in [-0.4, -0.2) is 56.8 Å². The Morgan fingerprint density at radius 3 is 2.60 bits per heavy atom. The van der Waals surface area contributed by atoms with Gasteiger partial charge in [-0.3, -0.25) is 4.79 Å². The summed E-state index contributed by atoms with van der Waals surface area (Å²) < 4.78 is 28.6. The van der Waals surface area contributed by atoms with E-state index < -0.39 is 10.0 Å². The molecule has 0 aliphatic carbocycles. The van der Waals surface area contributed by atoms with Crippen LogP contribution in [0.25, 0.3) is 0 Å². The number of carbonyl (C=O) groups is 1. The van der Waals surface area contributed by atoms with Gasteiger partial charge in [-0.1, -0.05) is 36.4 Å². The summed E-state index contributed by atoms with van der Waals surface area (Å²) in [4.78, 5) is 17.7. The van der Waals surface area contributed by atoms with Gasteiger partial charge in [0, 0.05) is 31.2 Å². The van der Waals surface area contributed by atoms with Gasteiger partial charge in [-0.2, -0.15) is 0 Å². The average Bonchev–Trinajstić information content (AvgIpc) is 3.16. The number of rotatable bonds is 5. The lowest BCUT2D eigenvalue weighted by atomic mass is 9.92. The third kappa shape index (κ3) is 4.29. The summed E-state index contributed by atoms with van der Waals surface area (Å²) in [7, 11) is -1.64. The van der Waals surface area contributed by atoms with Crippen molar-refractivity contribution in [3.05, 3.63) is 65.2 Å². The molecule has 2 atom stereocenters. The average molecular weight is 428 g/mol. The van der Waals surface area contributed by atoms with Crippen molar-refractivity contribution in [3.63, 3.8) is 0 Å². The first kappa shape index (κ1) is 21.0. The van der Waals surface area contributed by atoms with Crippen LogP contribution in [0.1, 0.15) is 34.3 Å². The zero-order chi connectivity index (χ0) is 21.3. The van der Waals surface area contributed by atoms with Crippen molar-refractivity contribution >= 4 is 15.9 Å². The number of hydrogen-bond donors (Lipinski definition) is 1. The minimum atomic E-state index is -3.73. The Morgan fingerprint density at radius 1 is 1.10 bits per heavy atom. The molecule has 0 unspecified atom stereocenters. The van der Waals surface area contributed by atoms with Gasteiger partial charge in [0.05, 0.1) is 4.90 Å². The summed E-state index contributed by atoms with van der Waals surface area (Å²) in [6.07, 6.45) is 2.14. The summed E-state index contributed by atoms with van der Waals surface area (Å²) in [5.74, 6) is 0.476. The quantitative estimate of drug-likeness (QED) is 0.797. The molecule has 6 nitrogen and oxygen atoms in total. The third-order valence-corrected chi connectivity index (χ3v) is 7.90. The molecule has 2 heterocycles. The van der Waals surface area contributed by atoms with Crippen molar-refractivity contribution in [1.82, 2.24) is 14.5 Å². The molecule has 0 spiro atoms. The number of hydrogen-bond acceptors (Lipinski definition) is 4. The van der Waals surface area contributed by atoms with Gasteiger partial charge in [0.25, 0.3) is 5.91 Å². The predicted molar refractivity (Wildman–Crippen MR) is 117 cm³/mol. The molecule has 1 amide bonds. The predicted octanol–water partition coefficient (Wildman–Crippen LogP) is 2.64. The van der Waals surface area contributed by atoms with E-state index in [2.05, 4.69) is 16.7 Å². The van der Waals surface area contributed by atoms with Gasteiger partial charge >= 0.3 is 0 Å². The summed E-state index contributed by atoms with van der Waals surface area (Å²) >= 11 is 0. The summed E-state index contributed by atoms with van der Waals surface area (Å²) in [6, 6.07) is 14.6. The molecule has 30 heavy (non-hydrogen) atoms. The zero-order valence-corrected chi connectivity index (χ0v) is 18.4. The van der Waals surface area contributed by atoms with Crippen molar-refractivity contribution in [2.45, 2.75) is 37.2 Å². The van der Waals surface area contributed by atoms with Crippen LogP contribution in [0.5, 0.6) is 0 Å². The Hall–Kier alpha value is -2.22. The van der Waals surface area contributed by atoms with Crippen molar-refractivity contribution in [2.75, 3.05) is 26.7 Å². The molecular formula is C23H29N3O3S. The largest absolute Gasteiger partial charge is 0.334 e. The van der Waals surface area contributed by atoms with E-state index in [-0.39, 0.29) is 23.4 Å². The number of piperidine rings is 1. The second-order valence-corrected chi connectivity index (χ2v) is 10.2. The van der Waals surface area contributed by atoms with Crippen LogP contribution in [-0.2, 0) is 16.6 Å². The van der Waals surface area contributed by atoms with Gasteiger partial charge < -0.3 is 9.80 Å². The Morgan fingerprint density at radius 2 is 1.83 bits per heavy atom. The smallest absolute Gasteiger partial charge is 0.254 e. The molecular weight excluding hydrogens is 398 g/mol. The van der Waals surface area contributed by atoms with E-state index in [4.69, 9.17) is 0 Å². The first-order valence-corrected chi connectivity index (χ1v) is 12.0. The molecule has 2 aromatic carbocycles. The highest BCUT2D eigenvalue weighted by Crippen LogP contribution is 2.32. The molecule has 2 aliphatic rings. The molecule has 0 aromatic heterocycles. The molecule has 2 aliphatic heterocycles. The number of likely N-dealkylation sites (N-methyl/N-ethyl adjacent to an activating group) is 1. The van der Waals surface area contributed by atoms with Crippen LogP contribution < -0.4 is 4.72 Å². The number of benzene rings is 2. The van der Waals surface area contributed by atoms with E-state index in [9.17, 15) is 13.2 Å². The van der Waals surface area contributed by atoms with Crippen LogP contribution in [0, 0.1) is 12.8 Å². The van der Waals surface area contributed by atoms with E-state index in [0.29, 0.717) is 17.0 Å². The Labute approximate surface area is 178 Å². The van der Waals surface area contributed by atoms with Crippen molar-refractivity contribution in [1.29, 1.82) is 0 Å². The van der Waals surface area contributed by atoms with Crippen molar-refractivity contribution in [2.24, 2.45) is 5.92 Å². The SMILES string of the molecule is Cc1ccc(C(=O)N2CC[C@@H]3CCN(C)C[C@@H]32)cc1S(=O)(=O)NCc1ccccc1. The number of likely N-dealkylation sites (tertiary alicyclic amines) is 2. The maximum atomic E-state index is 13.3. The van der Waals surface area contributed by atoms with E-state index in [1.54, 1.807) is 19.1 Å². The number of fused-ring (bicyclic) bond motifs is 1. The van der Waals surface area contributed by atoms with Gasteiger partial charge in [-0.15, -0.1) is 0 Å². The van der Waals surface area contributed by atoms with Crippen LogP contribution in [0.15, 0.2) is 53.4 Å². The minimum Gasteiger partial charge on any atom is -0.334 e. The number of nitrogens with one attached hydrogen (secondary N) is 1. The van der Waals surface area contributed by atoms with Gasteiger partial charge in [-0.05, 0) is 62.5 Å². The zero-order valence-electron chi connectivity index (χ0n) is 17.5. The standard InChI is InChI=1S/C23H29N3O3S/c1-17-8-9-20(23(27)26-13-11-19-10-12-25(2)16-21(19)26)14-22(17)30(28,29)24-15-18-6-4-3-5-7-18/h3-9,14,19,21,24H,10-13,15-16H2,1-2H3/t19-,21-/m0/s1. The van der Waals surface area contributed by atoms with Crippen LogP contribution in [0.3, 0.4) is 0 Å². The summed E-state index contributed by atoms with van der Waals surface area (Å²) in [5.41, 5.74) is 1.95. The van der Waals surface area contributed by atoms with E-state index >= 15 is 0 Å². The van der Waals surface area contributed by atoms with Crippen LogP contribution >= 0.6 is 0 Å². The maximum absolute atomic E-state index is 13.3. The summed E-state index contributed by atoms with van der Waals surface area (Å²) in [6.45, 7) is 4.66. The fraction of sp³-hybridized carbons (Fsp3) is 0.435. The van der Waals surface area contributed by atoms with Gasteiger partial charge in [0.2, 0.25) is 10.0 Å². The molecule has 0 saturated carbocycles. The molecule has 2 saturated heterocycles. The highest BCUT2D eigenvalue weighted by Gasteiger charge is 2.40. The number of sulfonamides is 1. The first-order valence-electron chi connectivity index (χ1n) is 10.5. The highest BCUT2D eigenvalue weighted by molar-refractivity contribution is 7.89. The fourth-order valence-corrected chi connectivity index (χ4v) is 5.88. The Kier molecular flexibility index (Phi) is 5.95. The van der Waals surface area contributed by atoms with Crippen LogP contribution in [0.2, 0.25) is 0 Å². The molecule has 7 heteroatoms. The van der Waals surface area contributed by atoms with Crippen LogP contribution in [0.4, 0.5) is 0 Å². The number of amides is 1. The normalized spacial score (nSPS) is 22.1. The molecule has 4 rings (SSSR count). The number of carbonyl (C=O) groups excluding carboxylic acids is 1. The van der Waals surface area contributed by atoms with Gasteiger partial charge in [-0.25, -0.2) is 13.1 Å². The topological polar surface area (TPSA) is 69.7 Å². The number of aryl methyl sites for hydroxylation is 1. The molecule has 0 bridgehead atoms. The van der Waals surface area contributed by atoms with Crippen molar-refractivity contribution < 1.29 is 13.2 Å². The first-order chi connectivity index (χ1) is 14.3. The molecule has 1 N–H and O–H groups in total. The summed E-state index contributed by atoms with van der Waals surface area (Å²) in [5, 5.41) is 0. The van der Waals surface area contributed by atoms with Gasteiger partial charge in [0.1, 0.15) is 0 Å². The highest BCUT2D eigenvalue weighted by atomic mass is 32.2. The van der Waals surface area contributed by atoms with E-state index in [1.165, 1.54) is 6.07 Å². The Balaban J connectivity index is 1.54. The second-order valence-electron chi connectivity index (χ2n) is 8.46. The lowest BCUT2D eigenvalue weighted by Gasteiger charge is -2.36. The molecule has 2 aromatic rings. The minimum absolute atomic E-state index is 0.0719. The molecule has 2 fully saturated rings. The maximum Gasteiger partial charge on any atom is 0.254 e. The Bertz CT molecular complexity index is 1020. The molecule has 160 valence electrons. The lowest BCUT2D eigenvalue weighted by Crippen LogP contribution is -2.48. The molecule has 0 radical (unpaired) electrons. The second kappa shape index (κ2) is 8.49. The monoisotopic (exact) mass is 427 g/mol. The lowest BCUT2D eigenvalue weighted by molar-refractivity contribution is 0.0631. The van der Waals surface area contributed by atoms with E-state index in [1.807, 2.05) is 35.2 Å². The fourth-order valence-electron chi connectivity index (χ4n) is 4.59. The van der Waals surface area contributed by atoms with Gasteiger partial charge in [0.15, 0.2) is 0 Å². The van der Waals surface area contributed by atoms with Crippen molar-refractivity contribution in [3.8, 4) is 0 Å². The van der Waals surface area contributed by atoms with E-state index in [0.717, 1.165) is 38.0 Å². The third-order valence-electron chi connectivity index (χ3n) is 6.36.